The van der Waals surface area contributed by atoms with Crippen LogP contribution in [0.5, 0.6) is 0 Å². The molecule has 1 aromatic heterocycles. The average molecular weight is 303 g/mol. The van der Waals surface area contributed by atoms with Gasteiger partial charge in [0, 0.05) is 30.6 Å². The molecule has 5 nitrogen and oxygen atoms in total. The molecule has 1 aliphatic heterocycles. The van der Waals surface area contributed by atoms with Gasteiger partial charge >= 0.3 is 0 Å². The summed E-state index contributed by atoms with van der Waals surface area (Å²) in [6, 6.07) is 3.94. The van der Waals surface area contributed by atoms with Crippen LogP contribution < -0.4 is 10.0 Å². The molecule has 1 aromatic rings. The predicted octanol–water partition coefficient (Wildman–Crippen LogP) is 1.16. The summed E-state index contributed by atoms with van der Waals surface area (Å²) < 4.78 is 29.0. The van der Waals surface area contributed by atoms with Crippen molar-refractivity contribution in [2.75, 3.05) is 20.1 Å². The summed E-state index contributed by atoms with van der Waals surface area (Å²) in [6.07, 6.45) is 2.98. The second kappa shape index (κ2) is 6.81. The van der Waals surface area contributed by atoms with Crippen LogP contribution in [0.1, 0.15) is 24.1 Å². The molecule has 1 fully saturated rings. The van der Waals surface area contributed by atoms with Gasteiger partial charge in [-0.1, -0.05) is 12.5 Å². The van der Waals surface area contributed by atoms with Crippen molar-refractivity contribution in [2.45, 2.75) is 31.8 Å². The molecule has 0 aromatic carbocycles. The van der Waals surface area contributed by atoms with E-state index in [0.29, 0.717) is 19.6 Å². The number of piperidine rings is 1. The molecule has 0 aliphatic carbocycles. The number of hydrogen-bond donors (Lipinski definition) is 2. The van der Waals surface area contributed by atoms with Crippen LogP contribution in [-0.4, -0.2) is 38.9 Å². The molecule has 0 saturated carbocycles. The van der Waals surface area contributed by atoms with Gasteiger partial charge < -0.3 is 5.32 Å². The zero-order chi connectivity index (χ0) is 13.7. The molecule has 2 rings (SSSR count). The number of nitrogens with zero attached hydrogens (tertiary/aromatic N) is 1. The molecule has 1 unspecified atom stereocenters. The second-order valence-electron chi connectivity index (χ2n) is 4.72. The lowest BCUT2D eigenvalue weighted by Crippen LogP contribution is -2.51. The van der Waals surface area contributed by atoms with E-state index < -0.39 is 10.2 Å². The van der Waals surface area contributed by atoms with E-state index in [-0.39, 0.29) is 6.04 Å². The molecule has 2 N–H and O–H groups in total. The summed E-state index contributed by atoms with van der Waals surface area (Å²) in [4.78, 5) is 1.03. The molecule has 1 saturated heterocycles. The maximum atomic E-state index is 12.4. The number of nitrogens with one attached hydrogen (secondary N) is 2. The third-order valence-electron chi connectivity index (χ3n) is 3.33. The quantitative estimate of drug-likeness (QED) is 0.829. The SMILES string of the molecule is CNCC1CCCCN1S(=O)(=O)NCc1cccs1. The van der Waals surface area contributed by atoms with E-state index >= 15 is 0 Å². The van der Waals surface area contributed by atoms with Gasteiger partial charge in [-0.25, -0.2) is 0 Å². The Morgan fingerprint density at radius 3 is 3.00 bits per heavy atom. The van der Waals surface area contributed by atoms with Crippen molar-refractivity contribution in [1.29, 1.82) is 0 Å². The van der Waals surface area contributed by atoms with Gasteiger partial charge in [0.15, 0.2) is 0 Å². The topological polar surface area (TPSA) is 61.4 Å². The highest BCUT2D eigenvalue weighted by atomic mass is 32.2. The molecule has 1 atom stereocenters. The van der Waals surface area contributed by atoms with Gasteiger partial charge in [-0.15, -0.1) is 11.3 Å². The minimum Gasteiger partial charge on any atom is -0.318 e. The molecule has 0 amide bonds. The lowest BCUT2D eigenvalue weighted by Gasteiger charge is -2.34. The standard InChI is InChI=1S/C12H21N3O2S2/c1-13-9-11-5-2-3-7-15(11)19(16,17)14-10-12-6-4-8-18-12/h4,6,8,11,13-14H,2-3,5,7,9-10H2,1H3. The van der Waals surface area contributed by atoms with Crippen molar-refractivity contribution in [1.82, 2.24) is 14.3 Å². The van der Waals surface area contributed by atoms with Crippen LogP contribution in [-0.2, 0) is 16.8 Å². The Hall–Kier alpha value is -0.470. The van der Waals surface area contributed by atoms with Crippen molar-refractivity contribution in [2.24, 2.45) is 0 Å². The summed E-state index contributed by atoms with van der Waals surface area (Å²) in [5, 5.41) is 5.03. The molecular weight excluding hydrogens is 282 g/mol. The first-order valence-corrected chi connectivity index (χ1v) is 8.89. The van der Waals surface area contributed by atoms with Crippen molar-refractivity contribution in [3.8, 4) is 0 Å². The van der Waals surface area contributed by atoms with E-state index in [1.807, 2.05) is 24.6 Å². The molecule has 7 heteroatoms. The van der Waals surface area contributed by atoms with Gasteiger partial charge in [0.1, 0.15) is 0 Å². The minimum atomic E-state index is -3.38. The molecule has 108 valence electrons. The number of hydrogen-bond acceptors (Lipinski definition) is 4. The second-order valence-corrected chi connectivity index (χ2v) is 7.46. The lowest BCUT2D eigenvalue weighted by atomic mass is 10.1. The Bertz CT molecular complexity index is 471. The Morgan fingerprint density at radius 2 is 2.32 bits per heavy atom. The molecular formula is C12H21N3O2S2. The highest BCUT2D eigenvalue weighted by Gasteiger charge is 2.31. The first kappa shape index (κ1) is 14.9. The molecule has 1 aliphatic rings. The maximum Gasteiger partial charge on any atom is 0.280 e. The van der Waals surface area contributed by atoms with Crippen molar-refractivity contribution in [3.05, 3.63) is 22.4 Å². The zero-order valence-corrected chi connectivity index (χ0v) is 12.8. The van der Waals surface area contributed by atoms with Crippen LogP contribution in [0.2, 0.25) is 0 Å². The normalized spacial score (nSPS) is 21.6. The first-order chi connectivity index (χ1) is 9.13. The van der Waals surface area contributed by atoms with Crippen LogP contribution in [0.3, 0.4) is 0 Å². The van der Waals surface area contributed by atoms with E-state index in [9.17, 15) is 8.42 Å². The Morgan fingerprint density at radius 1 is 1.47 bits per heavy atom. The number of likely N-dealkylation sites (N-methyl/N-ethyl adjacent to an activating group) is 1. The third kappa shape index (κ3) is 4.00. The lowest BCUT2D eigenvalue weighted by molar-refractivity contribution is 0.246. The van der Waals surface area contributed by atoms with Gasteiger partial charge in [-0.05, 0) is 31.3 Å². The summed E-state index contributed by atoms with van der Waals surface area (Å²) in [5.74, 6) is 0. The third-order valence-corrected chi connectivity index (χ3v) is 5.81. The smallest absolute Gasteiger partial charge is 0.280 e. The fourth-order valence-corrected chi connectivity index (χ4v) is 4.57. The van der Waals surface area contributed by atoms with Gasteiger partial charge in [0.05, 0.1) is 0 Å². The summed E-state index contributed by atoms with van der Waals surface area (Å²) in [5.41, 5.74) is 0. The van der Waals surface area contributed by atoms with Gasteiger partial charge in [0.25, 0.3) is 10.2 Å². The average Bonchev–Trinajstić information content (AvgIpc) is 2.91. The van der Waals surface area contributed by atoms with Crippen LogP contribution in [0, 0.1) is 0 Å². The van der Waals surface area contributed by atoms with Gasteiger partial charge in [-0.3, -0.25) is 0 Å². The van der Waals surface area contributed by atoms with Crippen LogP contribution >= 0.6 is 11.3 Å². The Balaban J connectivity index is 2.00. The fraction of sp³-hybridized carbons (Fsp3) is 0.667. The van der Waals surface area contributed by atoms with E-state index in [2.05, 4.69) is 10.0 Å². The van der Waals surface area contributed by atoms with E-state index in [4.69, 9.17) is 0 Å². The molecule has 19 heavy (non-hydrogen) atoms. The van der Waals surface area contributed by atoms with E-state index in [1.54, 1.807) is 15.6 Å². The fourth-order valence-electron chi connectivity index (χ4n) is 2.39. The first-order valence-electron chi connectivity index (χ1n) is 6.57. The molecule has 0 radical (unpaired) electrons. The summed E-state index contributed by atoms with van der Waals surface area (Å²) >= 11 is 1.56. The Labute approximate surface area is 119 Å². The highest BCUT2D eigenvalue weighted by molar-refractivity contribution is 7.87. The minimum absolute atomic E-state index is 0.0691. The van der Waals surface area contributed by atoms with Crippen molar-refractivity contribution >= 4 is 21.5 Å². The zero-order valence-electron chi connectivity index (χ0n) is 11.1. The van der Waals surface area contributed by atoms with Crippen LogP contribution in [0.15, 0.2) is 17.5 Å². The van der Waals surface area contributed by atoms with Crippen molar-refractivity contribution < 1.29 is 8.42 Å². The maximum absolute atomic E-state index is 12.4. The molecule has 2 heterocycles. The molecule has 0 spiro atoms. The van der Waals surface area contributed by atoms with Crippen molar-refractivity contribution in [3.63, 3.8) is 0 Å². The van der Waals surface area contributed by atoms with Gasteiger partial charge in [0.2, 0.25) is 0 Å². The molecule has 0 bridgehead atoms. The van der Waals surface area contributed by atoms with Crippen LogP contribution in [0.25, 0.3) is 0 Å². The highest BCUT2D eigenvalue weighted by Crippen LogP contribution is 2.19. The summed E-state index contributed by atoms with van der Waals surface area (Å²) in [7, 11) is -1.52. The van der Waals surface area contributed by atoms with E-state index in [0.717, 1.165) is 24.1 Å². The number of thiophene rings is 1. The predicted molar refractivity (Wildman–Crippen MR) is 78.4 cm³/mol. The van der Waals surface area contributed by atoms with E-state index in [1.165, 1.54) is 0 Å². The Kier molecular flexibility index (Phi) is 5.35. The number of rotatable bonds is 6. The summed E-state index contributed by atoms with van der Waals surface area (Å²) in [6.45, 7) is 1.70. The van der Waals surface area contributed by atoms with Crippen LogP contribution in [0.4, 0.5) is 0 Å². The van der Waals surface area contributed by atoms with Gasteiger partial charge in [-0.2, -0.15) is 17.4 Å². The largest absolute Gasteiger partial charge is 0.318 e. The monoisotopic (exact) mass is 303 g/mol.